The second-order valence-corrected chi connectivity index (χ2v) is 4.53. The van der Waals surface area contributed by atoms with E-state index in [2.05, 4.69) is 0 Å². The van der Waals surface area contributed by atoms with Crippen molar-refractivity contribution >= 4 is 22.8 Å². The molecule has 2 amide bonds. The fourth-order valence-corrected chi connectivity index (χ4v) is 1.88. The lowest BCUT2D eigenvalue weighted by atomic mass is 10.1. The van der Waals surface area contributed by atoms with E-state index in [1.807, 2.05) is 0 Å². The maximum absolute atomic E-state index is 11.5. The largest absolute Gasteiger partial charge is 0.480 e. The molecule has 1 aromatic heterocycles. The molecule has 0 saturated carbocycles. The Kier molecular flexibility index (Phi) is 4.31. The Balaban J connectivity index is 2.57. The fourth-order valence-electron chi connectivity index (χ4n) is 1.88. The molecule has 0 bridgehead atoms. The van der Waals surface area contributed by atoms with Gasteiger partial charge in [-0.1, -0.05) is 0 Å². The van der Waals surface area contributed by atoms with Gasteiger partial charge < -0.3 is 25.4 Å². The number of nitrogens with two attached hydrogens (primary N) is 2. The number of fused-ring (bicyclic) bond motifs is 1. The molecule has 0 unspecified atom stereocenters. The average molecular weight is 306 g/mol. The lowest BCUT2D eigenvalue weighted by molar-refractivity contribution is -0.121. The molecule has 1 heterocycles. The number of primary amides is 2. The third kappa shape index (κ3) is 3.35. The van der Waals surface area contributed by atoms with E-state index in [-0.39, 0.29) is 17.1 Å². The van der Waals surface area contributed by atoms with Gasteiger partial charge in [-0.05, 0) is 24.6 Å². The second kappa shape index (κ2) is 6.17. The van der Waals surface area contributed by atoms with Crippen LogP contribution >= 0.6 is 0 Å². The summed E-state index contributed by atoms with van der Waals surface area (Å²) in [5.41, 5.74) is 10.3. The third-order valence-electron chi connectivity index (χ3n) is 2.77. The molecule has 2 aromatic rings. The molecule has 0 aliphatic heterocycles. The van der Waals surface area contributed by atoms with Gasteiger partial charge in [0.2, 0.25) is 5.75 Å². The van der Waals surface area contributed by atoms with Gasteiger partial charge in [0.05, 0.1) is 0 Å². The van der Waals surface area contributed by atoms with E-state index in [4.69, 9.17) is 25.4 Å². The summed E-state index contributed by atoms with van der Waals surface area (Å²) in [6.45, 7) is 0.888. The summed E-state index contributed by atoms with van der Waals surface area (Å²) in [6, 6.07) is 4.49. The standard InChI is InChI=1S/C14H14N2O6/c1-7-4-12(19)22-13-8(7)2-3-9(20-5-10(15)17)14(13)21-6-11(16)18/h2-4H,5-6H2,1H3,(H2,15,17)(H2,16,18). The topological polar surface area (TPSA) is 135 Å². The van der Waals surface area contributed by atoms with Crippen LogP contribution in [0.1, 0.15) is 5.56 Å². The zero-order chi connectivity index (χ0) is 16.3. The van der Waals surface area contributed by atoms with Crippen molar-refractivity contribution in [3.63, 3.8) is 0 Å². The predicted molar refractivity (Wildman–Crippen MR) is 76.6 cm³/mol. The van der Waals surface area contributed by atoms with Crippen molar-refractivity contribution in [1.29, 1.82) is 0 Å². The van der Waals surface area contributed by atoms with E-state index in [0.717, 1.165) is 0 Å². The van der Waals surface area contributed by atoms with Crippen molar-refractivity contribution in [1.82, 2.24) is 0 Å². The third-order valence-corrected chi connectivity index (χ3v) is 2.77. The molecule has 0 radical (unpaired) electrons. The quantitative estimate of drug-likeness (QED) is 0.711. The van der Waals surface area contributed by atoms with Crippen LogP contribution < -0.4 is 26.6 Å². The second-order valence-electron chi connectivity index (χ2n) is 4.53. The Morgan fingerprint density at radius 3 is 2.41 bits per heavy atom. The number of carbonyl (C=O) groups excluding carboxylic acids is 2. The molecule has 1 aromatic carbocycles. The van der Waals surface area contributed by atoms with Crippen LogP contribution in [0.2, 0.25) is 0 Å². The highest BCUT2D eigenvalue weighted by atomic mass is 16.5. The minimum atomic E-state index is -0.715. The minimum absolute atomic E-state index is 0.0124. The molecule has 4 N–H and O–H groups in total. The van der Waals surface area contributed by atoms with Crippen molar-refractivity contribution in [2.75, 3.05) is 13.2 Å². The number of hydrogen-bond acceptors (Lipinski definition) is 6. The number of aryl methyl sites for hydroxylation is 1. The normalized spacial score (nSPS) is 10.4. The van der Waals surface area contributed by atoms with E-state index in [9.17, 15) is 14.4 Å². The molecule has 0 fully saturated rings. The number of rotatable bonds is 6. The first-order valence-corrected chi connectivity index (χ1v) is 6.28. The van der Waals surface area contributed by atoms with Crippen LogP contribution in [0.5, 0.6) is 11.5 Å². The monoisotopic (exact) mass is 306 g/mol. The summed E-state index contributed by atoms with van der Waals surface area (Å²) in [5.74, 6) is -1.28. The Morgan fingerprint density at radius 2 is 1.77 bits per heavy atom. The van der Waals surface area contributed by atoms with E-state index >= 15 is 0 Å². The molecule has 0 aliphatic rings. The van der Waals surface area contributed by atoms with Gasteiger partial charge in [0.15, 0.2) is 24.5 Å². The van der Waals surface area contributed by atoms with Gasteiger partial charge in [-0.15, -0.1) is 0 Å². The summed E-state index contributed by atoms with van der Waals surface area (Å²) >= 11 is 0. The summed E-state index contributed by atoms with van der Waals surface area (Å²) in [5, 5.41) is 0.602. The number of hydrogen-bond donors (Lipinski definition) is 2. The average Bonchev–Trinajstić information content (AvgIpc) is 2.42. The molecule has 0 aliphatic carbocycles. The van der Waals surface area contributed by atoms with Crippen molar-refractivity contribution in [2.24, 2.45) is 11.5 Å². The van der Waals surface area contributed by atoms with Crippen LogP contribution in [0.4, 0.5) is 0 Å². The van der Waals surface area contributed by atoms with Crippen LogP contribution in [0, 0.1) is 6.92 Å². The van der Waals surface area contributed by atoms with E-state index in [1.165, 1.54) is 12.1 Å². The molecule has 8 heteroatoms. The number of carbonyl (C=O) groups is 2. The summed E-state index contributed by atoms with van der Waals surface area (Å²) in [4.78, 5) is 33.3. The van der Waals surface area contributed by atoms with Gasteiger partial charge in [-0.3, -0.25) is 9.59 Å². The Labute approximate surface area is 124 Å². The highest BCUT2D eigenvalue weighted by Gasteiger charge is 2.16. The predicted octanol–water partition coefficient (Wildman–Crippen LogP) is -0.170. The molecule has 22 heavy (non-hydrogen) atoms. The fraction of sp³-hybridized carbons (Fsp3) is 0.214. The zero-order valence-corrected chi connectivity index (χ0v) is 11.8. The smallest absolute Gasteiger partial charge is 0.336 e. The first kappa shape index (κ1) is 15.4. The van der Waals surface area contributed by atoms with Crippen LogP contribution in [-0.2, 0) is 9.59 Å². The van der Waals surface area contributed by atoms with Crippen LogP contribution in [-0.4, -0.2) is 25.0 Å². The van der Waals surface area contributed by atoms with Gasteiger partial charge in [0, 0.05) is 11.5 Å². The van der Waals surface area contributed by atoms with Gasteiger partial charge >= 0.3 is 5.63 Å². The van der Waals surface area contributed by atoms with Crippen LogP contribution in [0.25, 0.3) is 11.0 Å². The number of ether oxygens (including phenoxy) is 2. The maximum atomic E-state index is 11.5. The van der Waals surface area contributed by atoms with Crippen molar-refractivity contribution in [2.45, 2.75) is 6.92 Å². The molecule has 8 nitrogen and oxygen atoms in total. The highest BCUT2D eigenvalue weighted by Crippen LogP contribution is 2.36. The first-order valence-electron chi connectivity index (χ1n) is 6.28. The highest BCUT2D eigenvalue weighted by molar-refractivity contribution is 5.88. The van der Waals surface area contributed by atoms with Gasteiger partial charge in [-0.2, -0.15) is 0 Å². The van der Waals surface area contributed by atoms with Crippen molar-refractivity contribution in [3.05, 3.63) is 34.2 Å². The van der Waals surface area contributed by atoms with Crippen molar-refractivity contribution in [3.8, 4) is 11.5 Å². The SMILES string of the molecule is Cc1cc(=O)oc2c(OCC(N)=O)c(OCC(N)=O)ccc12. The molecule has 2 rings (SSSR count). The Bertz CT molecular complexity index is 796. The zero-order valence-electron chi connectivity index (χ0n) is 11.8. The minimum Gasteiger partial charge on any atom is -0.480 e. The molecular weight excluding hydrogens is 292 g/mol. The molecular formula is C14H14N2O6. The number of benzene rings is 1. The van der Waals surface area contributed by atoms with E-state index in [0.29, 0.717) is 10.9 Å². The van der Waals surface area contributed by atoms with E-state index < -0.39 is 30.7 Å². The van der Waals surface area contributed by atoms with Gasteiger partial charge in [-0.25, -0.2) is 4.79 Å². The van der Waals surface area contributed by atoms with E-state index in [1.54, 1.807) is 13.0 Å². The van der Waals surface area contributed by atoms with Crippen LogP contribution in [0.3, 0.4) is 0 Å². The van der Waals surface area contributed by atoms with Gasteiger partial charge in [0.25, 0.3) is 11.8 Å². The summed E-state index contributed by atoms with van der Waals surface area (Å²) in [7, 11) is 0. The van der Waals surface area contributed by atoms with Gasteiger partial charge in [0.1, 0.15) is 0 Å². The number of amides is 2. The lowest BCUT2D eigenvalue weighted by Gasteiger charge is -2.13. The lowest BCUT2D eigenvalue weighted by Crippen LogP contribution is -2.22. The molecule has 0 spiro atoms. The Morgan fingerprint density at radius 1 is 1.14 bits per heavy atom. The molecule has 116 valence electrons. The Hall–Kier alpha value is -3.03. The molecule has 0 saturated heterocycles. The van der Waals surface area contributed by atoms with Crippen LogP contribution in [0.15, 0.2) is 27.4 Å². The summed E-state index contributed by atoms with van der Waals surface area (Å²) < 4.78 is 15.6. The van der Waals surface area contributed by atoms with Crippen molar-refractivity contribution < 1.29 is 23.5 Å². The first-order chi connectivity index (χ1) is 10.4. The summed E-state index contributed by atoms with van der Waals surface area (Å²) in [6.07, 6.45) is 0. The maximum Gasteiger partial charge on any atom is 0.336 e. The molecule has 0 atom stereocenters.